The van der Waals surface area contributed by atoms with Crippen molar-refractivity contribution in [1.29, 1.82) is 0 Å². The zero-order valence-corrected chi connectivity index (χ0v) is 20.5. The summed E-state index contributed by atoms with van der Waals surface area (Å²) in [5.41, 5.74) is 1.23. The summed E-state index contributed by atoms with van der Waals surface area (Å²) in [5, 5.41) is 5.54. The molecule has 11 heteroatoms. The van der Waals surface area contributed by atoms with Gasteiger partial charge in [-0.3, -0.25) is 9.10 Å². The van der Waals surface area contributed by atoms with E-state index in [4.69, 9.17) is 9.15 Å². The van der Waals surface area contributed by atoms with Crippen molar-refractivity contribution in [3.8, 4) is 17.1 Å². The van der Waals surface area contributed by atoms with Crippen molar-refractivity contribution in [3.63, 3.8) is 0 Å². The first kappa shape index (κ1) is 23.7. The molecule has 8 nitrogen and oxygen atoms in total. The summed E-state index contributed by atoms with van der Waals surface area (Å²) in [7, 11) is -0.747. The Morgan fingerprint density at radius 2 is 1.97 bits per heavy atom. The van der Waals surface area contributed by atoms with Gasteiger partial charge in [-0.05, 0) is 37.3 Å². The molecule has 0 saturated carbocycles. The molecule has 0 aliphatic heterocycles. The van der Waals surface area contributed by atoms with Gasteiger partial charge < -0.3 is 14.5 Å². The van der Waals surface area contributed by atoms with Crippen LogP contribution in [-0.2, 0) is 10.0 Å². The van der Waals surface area contributed by atoms with Gasteiger partial charge in [0, 0.05) is 42.7 Å². The van der Waals surface area contributed by atoms with Crippen LogP contribution in [0.1, 0.15) is 28.4 Å². The van der Waals surface area contributed by atoms with Crippen LogP contribution in [-0.4, -0.2) is 39.7 Å². The van der Waals surface area contributed by atoms with Crippen molar-refractivity contribution < 1.29 is 26.8 Å². The van der Waals surface area contributed by atoms with E-state index in [2.05, 4.69) is 10.3 Å². The number of nitrogens with one attached hydrogen (secondary N) is 1. The Morgan fingerprint density at radius 3 is 2.56 bits per heavy atom. The van der Waals surface area contributed by atoms with Gasteiger partial charge in [0.1, 0.15) is 34.0 Å². The van der Waals surface area contributed by atoms with E-state index in [0.717, 1.165) is 10.6 Å². The number of carbonyl (C=O) groups is 1. The molecule has 1 atom stereocenters. The first-order valence-electron chi connectivity index (χ1n) is 10.2. The van der Waals surface area contributed by atoms with Crippen molar-refractivity contribution >= 4 is 43.9 Å². The third kappa shape index (κ3) is 4.48. The van der Waals surface area contributed by atoms with Crippen molar-refractivity contribution in [2.75, 3.05) is 24.7 Å². The molecular formula is C23H22FN3O5S2. The lowest BCUT2D eigenvalue weighted by molar-refractivity contribution is 0.0964. The SMILES string of the molecule is CNC(=O)c1c(-c2ccc(F)cc2)oc2cc(N(C)S(C)(=O)=O)c(OC(C)c3nccs3)cc12. The quantitative estimate of drug-likeness (QED) is 0.396. The Bertz CT molecular complexity index is 1450. The maximum atomic E-state index is 13.5. The number of thiazole rings is 1. The molecule has 1 N–H and O–H groups in total. The number of nitrogens with zero attached hydrogens (tertiary/aromatic N) is 2. The van der Waals surface area contributed by atoms with Gasteiger partial charge in [0.2, 0.25) is 10.0 Å². The smallest absolute Gasteiger partial charge is 0.255 e. The number of hydrogen-bond acceptors (Lipinski definition) is 7. The molecule has 0 saturated heterocycles. The Morgan fingerprint density at radius 1 is 1.26 bits per heavy atom. The third-order valence-electron chi connectivity index (χ3n) is 5.27. The van der Waals surface area contributed by atoms with E-state index >= 15 is 0 Å². The van der Waals surface area contributed by atoms with Crippen LogP contribution in [0.5, 0.6) is 5.75 Å². The average Bonchev–Trinajstić information content (AvgIpc) is 3.45. The number of hydrogen-bond donors (Lipinski definition) is 1. The van der Waals surface area contributed by atoms with Crippen LogP contribution in [0.2, 0.25) is 0 Å². The molecule has 34 heavy (non-hydrogen) atoms. The van der Waals surface area contributed by atoms with Crippen LogP contribution in [0.25, 0.3) is 22.3 Å². The van der Waals surface area contributed by atoms with Crippen molar-refractivity contribution in [1.82, 2.24) is 10.3 Å². The number of amides is 1. The number of anilines is 1. The summed E-state index contributed by atoms with van der Waals surface area (Å²) in [6.07, 6.45) is 2.25. The maximum Gasteiger partial charge on any atom is 0.255 e. The standard InChI is InChI=1S/C23H22FN3O5S2/c1-13(23-26-9-10-33-23)31-19-11-16-18(12-17(19)27(3)34(4,29)30)32-21(20(16)22(28)25-2)14-5-7-15(24)8-6-14/h5-13H,1-4H3,(H,25,28). The van der Waals surface area contributed by atoms with Gasteiger partial charge in [0.15, 0.2) is 0 Å². The third-order valence-corrected chi connectivity index (χ3v) is 7.40. The maximum absolute atomic E-state index is 13.5. The lowest BCUT2D eigenvalue weighted by atomic mass is 10.0. The predicted octanol–water partition coefficient (Wildman–Crippen LogP) is 4.59. The molecule has 2 aromatic carbocycles. The van der Waals surface area contributed by atoms with Gasteiger partial charge in [0.25, 0.3) is 5.91 Å². The number of halogens is 1. The molecule has 2 aromatic heterocycles. The summed E-state index contributed by atoms with van der Waals surface area (Å²) < 4.78 is 51.4. The molecule has 4 aromatic rings. The normalized spacial score (nSPS) is 12.5. The predicted molar refractivity (Wildman–Crippen MR) is 129 cm³/mol. The Hall–Kier alpha value is -3.44. The molecule has 178 valence electrons. The van der Waals surface area contributed by atoms with Crippen LogP contribution >= 0.6 is 11.3 Å². The van der Waals surface area contributed by atoms with Gasteiger partial charge in [-0.25, -0.2) is 17.8 Å². The second-order valence-electron chi connectivity index (χ2n) is 7.57. The minimum Gasteiger partial charge on any atom is -0.481 e. The molecule has 0 aliphatic carbocycles. The van der Waals surface area contributed by atoms with Crippen LogP contribution < -0.4 is 14.4 Å². The second kappa shape index (κ2) is 9.07. The second-order valence-corrected chi connectivity index (χ2v) is 10.5. The van der Waals surface area contributed by atoms with Crippen molar-refractivity contribution in [2.45, 2.75) is 13.0 Å². The fourth-order valence-electron chi connectivity index (χ4n) is 3.46. The summed E-state index contributed by atoms with van der Waals surface area (Å²) in [6.45, 7) is 1.80. The molecule has 0 fully saturated rings. The van der Waals surface area contributed by atoms with Gasteiger partial charge in [-0.15, -0.1) is 11.3 Å². The van der Waals surface area contributed by atoms with Gasteiger partial charge in [-0.1, -0.05) is 0 Å². The molecule has 0 spiro atoms. The first-order valence-corrected chi connectivity index (χ1v) is 12.9. The molecule has 0 aliphatic rings. The summed E-state index contributed by atoms with van der Waals surface area (Å²) >= 11 is 1.41. The highest BCUT2D eigenvalue weighted by Gasteiger charge is 2.27. The Labute approximate surface area is 200 Å². The fourth-order valence-corrected chi connectivity index (χ4v) is 4.59. The van der Waals surface area contributed by atoms with E-state index < -0.39 is 27.9 Å². The molecule has 0 radical (unpaired) electrons. The molecular weight excluding hydrogens is 481 g/mol. The molecule has 4 rings (SSSR count). The minimum atomic E-state index is -3.64. The molecule has 2 heterocycles. The average molecular weight is 504 g/mol. The van der Waals surface area contributed by atoms with E-state index in [1.807, 2.05) is 5.38 Å². The topological polar surface area (TPSA) is 102 Å². The number of carbonyl (C=O) groups excluding carboxylic acids is 1. The highest BCUT2D eigenvalue weighted by Crippen LogP contribution is 2.42. The highest BCUT2D eigenvalue weighted by molar-refractivity contribution is 7.92. The summed E-state index contributed by atoms with van der Waals surface area (Å²) in [4.78, 5) is 17.1. The molecule has 1 amide bonds. The number of fused-ring (bicyclic) bond motifs is 1. The summed E-state index contributed by atoms with van der Waals surface area (Å²) in [5.74, 6) is -0.376. The van der Waals surface area contributed by atoms with Crippen LogP contribution in [0.15, 0.2) is 52.4 Å². The van der Waals surface area contributed by atoms with Gasteiger partial charge in [-0.2, -0.15) is 0 Å². The number of furan rings is 1. The fraction of sp³-hybridized carbons (Fsp3) is 0.217. The van der Waals surface area contributed by atoms with E-state index in [1.54, 1.807) is 19.2 Å². The number of benzene rings is 2. The molecule has 0 bridgehead atoms. The largest absolute Gasteiger partial charge is 0.481 e. The summed E-state index contributed by atoms with van der Waals surface area (Å²) in [6, 6.07) is 8.64. The van der Waals surface area contributed by atoms with E-state index in [-0.39, 0.29) is 28.3 Å². The monoisotopic (exact) mass is 503 g/mol. The first-order chi connectivity index (χ1) is 16.1. The zero-order chi connectivity index (χ0) is 24.6. The van der Waals surface area contributed by atoms with Crippen molar-refractivity contribution in [3.05, 3.63) is 64.4 Å². The number of aromatic nitrogens is 1. The Kier molecular flexibility index (Phi) is 6.32. The van der Waals surface area contributed by atoms with Crippen molar-refractivity contribution in [2.24, 2.45) is 0 Å². The van der Waals surface area contributed by atoms with Gasteiger partial charge >= 0.3 is 0 Å². The molecule has 1 unspecified atom stereocenters. The van der Waals surface area contributed by atoms with E-state index in [1.165, 1.54) is 55.8 Å². The highest BCUT2D eigenvalue weighted by atomic mass is 32.2. The van der Waals surface area contributed by atoms with Crippen LogP contribution in [0.4, 0.5) is 10.1 Å². The van der Waals surface area contributed by atoms with Gasteiger partial charge in [0.05, 0.1) is 17.5 Å². The van der Waals surface area contributed by atoms with Crippen LogP contribution in [0, 0.1) is 5.82 Å². The Balaban J connectivity index is 1.96. The van der Waals surface area contributed by atoms with Crippen LogP contribution in [0.3, 0.4) is 0 Å². The minimum absolute atomic E-state index is 0.226. The number of sulfonamides is 1. The van der Waals surface area contributed by atoms with E-state index in [0.29, 0.717) is 16.0 Å². The number of rotatable bonds is 7. The lowest BCUT2D eigenvalue weighted by Crippen LogP contribution is -2.25. The lowest BCUT2D eigenvalue weighted by Gasteiger charge is -2.22. The zero-order valence-electron chi connectivity index (χ0n) is 18.8. The number of ether oxygens (including phenoxy) is 1. The van der Waals surface area contributed by atoms with E-state index in [9.17, 15) is 17.6 Å².